The number of hydrogen-bond donors (Lipinski definition) is 1. The largest absolute Gasteiger partial charge is 0.322 e. The Kier molecular flexibility index (Phi) is 4.37. The molecule has 2 rings (SSSR count). The summed E-state index contributed by atoms with van der Waals surface area (Å²) in [4.78, 5) is 12.0. The molecule has 2 aromatic rings. The van der Waals surface area contributed by atoms with E-state index in [1.165, 1.54) is 12.1 Å². The van der Waals surface area contributed by atoms with Crippen LogP contribution in [0.25, 0.3) is 0 Å². The monoisotopic (exact) mass is 385 g/mol. The first-order valence-electron chi connectivity index (χ1n) is 5.50. The molecule has 2 aromatic carbocycles. The smallest absolute Gasteiger partial charge is 0.258 e. The maximum absolute atomic E-state index is 13.6. The molecule has 0 saturated heterocycles. The minimum atomic E-state index is -0.555. The van der Waals surface area contributed by atoms with Crippen molar-refractivity contribution in [3.05, 3.63) is 62.3 Å². The Hall–Kier alpha value is -1.20. The summed E-state index contributed by atoms with van der Waals surface area (Å²) in [6.07, 6.45) is 0. The summed E-state index contributed by atoms with van der Waals surface area (Å²) in [5.41, 5.74) is 1.64. The number of aryl methyl sites for hydroxylation is 1. The van der Waals surface area contributed by atoms with Crippen LogP contribution in [0.5, 0.6) is 0 Å². The molecule has 1 N–H and O–H groups in total. The van der Waals surface area contributed by atoms with Crippen molar-refractivity contribution >= 4 is 43.5 Å². The lowest BCUT2D eigenvalue weighted by atomic mass is 10.2. The highest BCUT2D eigenvalue weighted by Crippen LogP contribution is 2.21. The van der Waals surface area contributed by atoms with Crippen molar-refractivity contribution in [2.45, 2.75) is 6.92 Å². The minimum Gasteiger partial charge on any atom is -0.322 e. The van der Waals surface area contributed by atoms with Gasteiger partial charge >= 0.3 is 0 Å². The molecule has 0 radical (unpaired) electrons. The molecule has 0 saturated carbocycles. The second-order valence-electron chi connectivity index (χ2n) is 4.04. The molecule has 0 aromatic heterocycles. The average Bonchev–Trinajstić information content (AvgIpc) is 2.33. The predicted octanol–water partition coefficient (Wildman–Crippen LogP) is 4.91. The van der Waals surface area contributed by atoms with E-state index in [1.807, 2.05) is 19.1 Å². The molecule has 0 unspecified atom stereocenters. The number of benzene rings is 2. The molecule has 2 nitrogen and oxygen atoms in total. The maximum Gasteiger partial charge on any atom is 0.258 e. The summed E-state index contributed by atoms with van der Waals surface area (Å²) in [5.74, 6) is -1.02. The lowest BCUT2D eigenvalue weighted by Crippen LogP contribution is -2.13. The number of amides is 1. The predicted molar refractivity (Wildman–Crippen MR) is 80.9 cm³/mol. The minimum absolute atomic E-state index is 0.0174. The SMILES string of the molecule is Cc1cc(NC(=O)c2ccc(Br)cc2F)ccc1Br. The van der Waals surface area contributed by atoms with Crippen LogP contribution in [0.2, 0.25) is 0 Å². The van der Waals surface area contributed by atoms with E-state index in [4.69, 9.17) is 0 Å². The van der Waals surface area contributed by atoms with Gasteiger partial charge in [0.2, 0.25) is 0 Å². The fraction of sp³-hybridized carbons (Fsp3) is 0.0714. The molecule has 5 heteroatoms. The van der Waals surface area contributed by atoms with Gasteiger partial charge in [0.15, 0.2) is 0 Å². The Morgan fingerprint density at radius 2 is 1.89 bits per heavy atom. The van der Waals surface area contributed by atoms with Gasteiger partial charge in [-0.05, 0) is 48.9 Å². The number of hydrogen-bond acceptors (Lipinski definition) is 1. The lowest BCUT2D eigenvalue weighted by Gasteiger charge is -2.08. The van der Waals surface area contributed by atoms with E-state index in [2.05, 4.69) is 37.2 Å². The summed E-state index contributed by atoms with van der Waals surface area (Å²) in [5, 5.41) is 2.67. The zero-order valence-electron chi connectivity index (χ0n) is 10.0. The lowest BCUT2D eigenvalue weighted by molar-refractivity contribution is 0.102. The molecule has 0 aliphatic carbocycles. The summed E-state index contributed by atoms with van der Waals surface area (Å²) >= 11 is 6.53. The van der Waals surface area contributed by atoms with Crippen LogP contribution in [0.3, 0.4) is 0 Å². The normalized spacial score (nSPS) is 10.3. The quantitative estimate of drug-likeness (QED) is 0.780. The van der Waals surface area contributed by atoms with Crippen LogP contribution in [0.1, 0.15) is 15.9 Å². The van der Waals surface area contributed by atoms with Gasteiger partial charge in [0.25, 0.3) is 5.91 Å². The fourth-order valence-electron chi connectivity index (χ4n) is 1.59. The maximum atomic E-state index is 13.6. The van der Waals surface area contributed by atoms with Gasteiger partial charge in [0, 0.05) is 14.6 Å². The fourth-order valence-corrected chi connectivity index (χ4v) is 2.17. The van der Waals surface area contributed by atoms with Gasteiger partial charge in [-0.15, -0.1) is 0 Å². The zero-order chi connectivity index (χ0) is 14.0. The van der Waals surface area contributed by atoms with E-state index < -0.39 is 11.7 Å². The Morgan fingerprint density at radius 3 is 2.53 bits per heavy atom. The molecule has 0 atom stereocenters. The number of nitrogens with one attached hydrogen (secondary N) is 1. The van der Waals surface area contributed by atoms with Gasteiger partial charge in [0.1, 0.15) is 5.82 Å². The van der Waals surface area contributed by atoms with Crippen molar-refractivity contribution in [1.29, 1.82) is 0 Å². The number of carbonyl (C=O) groups excluding carboxylic acids is 1. The topological polar surface area (TPSA) is 29.1 Å². The van der Waals surface area contributed by atoms with E-state index in [1.54, 1.807) is 12.1 Å². The second kappa shape index (κ2) is 5.84. The molecule has 0 bridgehead atoms. The van der Waals surface area contributed by atoms with E-state index in [-0.39, 0.29) is 5.56 Å². The highest BCUT2D eigenvalue weighted by molar-refractivity contribution is 9.10. The Bertz CT molecular complexity index is 643. The summed E-state index contributed by atoms with van der Waals surface area (Å²) < 4.78 is 15.2. The first-order chi connectivity index (χ1) is 8.97. The third kappa shape index (κ3) is 3.42. The number of halogens is 3. The molecule has 0 fully saturated rings. The Balaban J connectivity index is 2.23. The van der Waals surface area contributed by atoms with Gasteiger partial charge in [-0.25, -0.2) is 4.39 Å². The standard InChI is InChI=1S/C14H10Br2FNO/c1-8-6-10(3-5-12(8)16)18-14(19)11-4-2-9(15)7-13(11)17/h2-7H,1H3,(H,18,19). The molecule has 1 amide bonds. The van der Waals surface area contributed by atoms with E-state index in [0.29, 0.717) is 10.2 Å². The van der Waals surface area contributed by atoms with E-state index in [9.17, 15) is 9.18 Å². The highest BCUT2D eigenvalue weighted by atomic mass is 79.9. The third-order valence-corrected chi connectivity index (χ3v) is 3.97. The van der Waals surface area contributed by atoms with Gasteiger partial charge in [-0.1, -0.05) is 31.9 Å². The molecule has 0 aliphatic heterocycles. The molecule has 98 valence electrons. The first-order valence-corrected chi connectivity index (χ1v) is 7.08. The molecule has 0 spiro atoms. The van der Waals surface area contributed by atoms with Crippen molar-refractivity contribution in [2.24, 2.45) is 0 Å². The van der Waals surface area contributed by atoms with Crippen molar-refractivity contribution < 1.29 is 9.18 Å². The van der Waals surface area contributed by atoms with Crippen LogP contribution in [-0.4, -0.2) is 5.91 Å². The average molecular weight is 387 g/mol. The molecular weight excluding hydrogens is 377 g/mol. The Labute approximate surface area is 127 Å². The van der Waals surface area contributed by atoms with Crippen molar-refractivity contribution in [3.8, 4) is 0 Å². The first kappa shape index (κ1) is 14.2. The van der Waals surface area contributed by atoms with Crippen LogP contribution in [-0.2, 0) is 0 Å². The van der Waals surface area contributed by atoms with Gasteiger partial charge < -0.3 is 5.32 Å². The van der Waals surface area contributed by atoms with E-state index in [0.717, 1.165) is 10.0 Å². The number of carbonyl (C=O) groups is 1. The van der Waals surface area contributed by atoms with Crippen LogP contribution >= 0.6 is 31.9 Å². The Morgan fingerprint density at radius 1 is 1.16 bits per heavy atom. The van der Waals surface area contributed by atoms with Gasteiger partial charge in [-0.3, -0.25) is 4.79 Å². The summed E-state index contributed by atoms with van der Waals surface area (Å²) in [6, 6.07) is 9.75. The summed E-state index contributed by atoms with van der Waals surface area (Å²) in [6.45, 7) is 1.92. The van der Waals surface area contributed by atoms with Crippen molar-refractivity contribution in [1.82, 2.24) is 0 Å². The second-order valence-corrected chi connectivity index (χ2v) is 5.81. The molecule has 0 aliphatic rings. The van der Waals surface area contributed by atoms with Crippen molar-refractivity contribution in [2.75, 3.05) is 5.32 Å². The van der Waals surface area contributed by atoms with Crippen LogP contribution in [0.4, 0.5) is 10.1 Å². The molecule has 0 heterocycles. The number of anilines is 1. The molecule has 19 heavy (non-hydrogen) atoms. The number of rotatable bonds is 2. The molecular formula is C14H10Br2FNO. The van der Waals surface area contributed by atoms with Crippen LogP contribution in [0.15, 0.2) is 45.3 Å². The van der Waals surface area contributed by atoms with Crippen LogP contribution < -0.4 is 5.32 Å². The van der Waals surface area contributed by atoms with Crippen LogP contribution in [0, 0.1) is 12.7 Å². The van der Waals surface area contributed by atoms with Crippen molar-refractivity contribution in [3.63, 3.8) is 0 Å². The van der Waals surface area contributed by atoms with E-state index >= 15 is 0 Å². The highest BCUT2D eigenvalue weighted by Gasteiger charge is 2.12. The van der Waals surface area contributed by atoms with Gasteiger partial charge in [0.05, 0.1) is 5.56 Å². The summed E-state index contributed by atoms with van der Waals surface area (Å²) in [7, 11) is 0. The zero-order valence-corrected chi connectivity index (χ0v) is 13.2. The van der Waals surface area contributed by atoms with Gasteiger partial charge in [-0.2, -0.15) is 0 Å². The third-order valence-electron chi connectivity index (χ3n) is 2.59.